The van der Waals surface area contributed by atoms with Gasteiger partial charge in [0.15, 0.2) is 0 Å². The minimum absolute atomic E-state index is 0.0573. The molecule has 0 aromatic carbocycles. The van der Waals surface area contributed by atoms with Crippen LogP contribution in [0.15, 0.2) is 0 Å². The zero-order valence-corrected chi connectivity index (χ0v) is 11.3. The second kappa shape index (κ2) is 8.61. The van der Waals surface area contributed by atoms with Gasteiger partial charge in [-0.2, -0.15) is 0 Å². The lowest BCUT2D eigenvalue weighted by Gasteiger charge is -2.25. The van der Waals surface area contributed by atoms with Crippen molar-refractivity contribution in [1.82, 2.24) is 5.32 Å². The third kappa shape index (κ3) is 10.0. The van der Waals surface area contributed by atoms with Crippen LogP contribution >= 0.6 is 0 Å². The number of nitrogens with one attached hydrogen (secondary N) is 1. The number of unbranched alkanes of at least 4 members (excludes halogenated alkanes) is 1. The van der Waals surface area contributed by atoms with Crippen molar-refractivity contribution in [2.75, 3.05) is 13.2 Å². The molecule has 0 fully saturated rings. The summed E-state index contributed by atoms with van der Waals surface area (Å²) in [6.07, 6.45) is 9.44. The Balaban J connectivity index is 3.85. The average Bonchev–Trinajstić information content (AvgIpc) is 2.20. The van der Waals surface area contributed by atoms with E-state index in [1.165, 1.54) is 0 Å². The van der Waals surface area contributed by atoms with Gasteiger partial charge in [-0.15, -0.1) is 12.3 Å². The van der Waals surface area contributed by atoms with Crippen LogP contribution in [0, 0.1) is 12.3 Å². The zero-order chi connectivity index (χ0) is 12.4. The second-order valence-corrected chi connectivity index (χ2v) is 5.17. The van der Waals surface area contributed by atoms with Gasteiger partial charge in [-0.25, -0.2) is 0 Å². The monoisotopic (exact) mass is 225 g/mol. The quantitative estimate of drug-likeness (QED) is 0.506. The summed E-state index contributed by atoms with van der Waals surface area (Å²) in [7, 11) is 0. The SMILES string of the molecule is C#CCCCC(COC(C)(C)C)NCCC. The normalized spacial score (nSPS) is 13.4. The number of hydrogen-bond acceptors (Lipinski definition) is 2. The molecule has 0 aliphatic heterocycles. The number of ether oxygens (including phenoxy) is 1. The second-order valence-electron chi connectivity index (χ2n) is 5.17. The summed E-state index contributed by atoms with van der Waals surface area (Å²) in [5.41, 5.74) is -0.0573. The van der Waals surface area contributed by atoms with Gasteiger partial charge in [-0.05, 0) is 46.6 Å². The Morgan fingerprint density at radius 1 is 1.38 bits per heavy atom. The van der Waals surface area contributed by atoms with Crippen molar-refractivity contribution in [3.8, 4) is 12.3 Å². The van der Waals surface area contributed by atoms with E-state index in [4.69, 9.17) is 11.2 Å². The van der Waals surface area contributed by atoms with E-state index in [0.29, 0.717) is 6.04 Å². The van der Waals surface area contributed by atoms with Crippen molar-refractivity contribution in [1.29, 1.82) is 0 Å². The van der Waals surface area contributed by atoms with Gasteiger partial charge in [0.25, 0.3) is 0 Å². The highest BCUT2D eigenvalue weighted by molar-refractivity contribution is 4.84. The molecule has 1 unspecified atom stereocenters. The molecule has 0 aliphatic rings. The molecule has 1 N–H and O–H groups in total. The van der Waals surface area contributed by atoms with Gasteiger partial charge in [0, 0.05) is 12.5 Å². The summed E-state index contributed by atoms with van der Waals surface area (Å²) in [4.78, 5) is 0. The van der Waals surface area contributed by atoms with Gasteiger partial charge in [0.2, 0.25) is 0 Å². The average molecular weight is 225 g/mol. The molecule has 94 valence electrons. The lowest BCUT2D eigenvalue weighted by molar-refractivity contribution is -0.0155. The maximum atomic E-state index is 5.81. The predicted molar refractivity (Wildman–Crippen MR) is 70.5 cm³/mol. The van der Waals surface area contributed by atoms with E-state index in [0.717, 1.165) is 38.8 Å². The largest absolute Gasteiger partial charge is 0.374 e. The summed E-state index contributed by atoms with van der Waals surface area (Å²) in [6.45, 7) is 10.3. The zero-order valence-electron chi connectivity index (χ0n) is 11.3. The Morgan fingerprint density at radius 3 is 2.56 bits per heavy atom. The van der Waals surface area contributed by atoms with Crippen molar-refractivity contribution < 1.29 is 4.74 Å². The van der Waals surface area contributed by atoms with Gasteiger partial charge >= 0.3 is 0 Å². The molecular formula is C14H27NO. The lowest BCUT2D eigenvalue weighted by Crippen LogP contribution is -2.37. The van der Waals surface area contributed by atoms with Gasteiger partial charge in [-0.3, -0.25) is 0 Å². The van der Waals surface area contributed by atoms with Crippen LogP contribution in [0.4, 0.5) is 0 Å². The standard InChI is InChI=1S/C14H27NO/c1-6-8-9-10-13(15-11-7-2)12-16-14(3,4)5/h1,13,15H,7-12H2,2-5H3. The number of terminal acetylenes is 1. The fourth-order valence-corrected chi connectivity index (χ4v) is 1.39. The van der Waals surface area contributed by atoms with Crippen molar-refractivity contribution in [2.45, 2.75) is 65.0 Å². The molecule has 0 aromatic rings. The Bertz CT molecular complexity index is 200. The first-order valence-corrected chi connectivity index (χ1v) is 6.30. The third-order valence-corrected chi connectivity index (χ3v) is 2.27. The maximum absolute atomic E-state index is 5.81. The molecule has 0 spiro atoms. The fourth-order valence-electron chi connectivity index (χ4n) is 1.39. The van der Waals surface area contributed by atoms with Crippen LogP contribution in [-0.4, -0.2) is 24.8 Å². The Kier molecular flexibility index (Phi) is 8.33. The first kappa shape index (κ1) is 15.5. The Labute approximate surface area is 101 Å². The van der Waals surface area contributed by atoms with Crippen LogP contribution in [0.5, 0.6) is 0 Å². The highest BCUT2D eigenvalue weighted by Gasteiger charge is 2.14. The highest BCUT2D eigenvalue weighted by atomic mass is 16.5. The smallest absolute Gasteiger partial charge is 0.0626 e. The van der Waals surface area contributed by atoms with Crippen LogP contribution < -0.4 is 5.32 Å². The van der Waals surface area contributed by atoms with Crippen molar-refractivity contribution in [2.24, 2.45) is 0 Å². The molecule has 2 heteroatoms. The summed E-state index contributed by atoms with van der Waals surface area (Å²) >= 11 is 0. The number of rotatable bonds is 8. The molecule has 0 radical (unpaired) electrons. The summed E-state index contributed by atoms with van der Waals surface area (Å²) in [5, 5.41) is 3.51. The van der Waals surface area contributed by atoms with E-state index in [1.54, 1.807) is 0 Å². The molecule has 0 saturated carbocycles. The highest BCUT2D eigenvalue weighted by Crippen LogP contribution is 2.09. The Morgan fingerprint density at radius 2 is 2.06 bits per heavy atom. The van der Waals surface area contributed by atoms with Crippen molar-refractivity contribution >= 4 is 0 Å². The lowest BCUT2D eigenvalue weighted by atomic mass is 10.1. The van der Waals surface area contributed by atoms with E-state index in [2.05, 4.69) is 38.9 Å². The van der Waals surface area contributed by atoms with Crippen LogP contribution in [0.3, 0.4) is 0 Å². The molecular weight excluding hydrogens is 198 g/mol. The summed E-state index contributed by atoms with van der Waals surface area (Å²) in [5.74, 6) is 2.68. The minimum Gasteiger partial charge on any atom is -0.374 e. The molecule has 0 rings (SSSR count). The van der Waals surface area contributed by atoms with Crippen molar-refractivity contribution in [3.05, 3.63) is 0 Å². The van der Waals surface area contributed by atoms with E-state index in [-0.39, 0.29) is 5.60 Å². The van der Waals surface area contributed by atoms with Crippen molar-refractivity contribution in [3.63, 3.8) is 0 Å². The van der Waals surface area contributed by atoms with Gasteiger partial charge in [-0.1, -0.05) is 6.92 Å². The third-order valence-electron chi connectivity index (χ3n) is 2.27. The molecule has 0 heterocycles. The molecule has 1 atom stereocenters. The first-order valence-electron chi connectivity index (χ1n) is 6.30. The molecule has 16 heavy (non-hydrogen) atoms. The van der Waals surface area contributed by atoms with E-state index in [9.17, 15) is 0 Å². The Hall–Kier alpha value is -0.520. The first-order chi connectivity index (χ1) is 7.49. The van der Waals surface area contributed by atoms with Crippen LogP contribution in [0.2, 0.25) is 0 Å². The maximum Gasteiger partial charge on any atom is 0.0626 e. The predicted octanol–water partition coefficient (Wildman–Crippen LogP) is 2.97. The molecule has 0 aromatic heterocycles. The molecule has 0 saturated heterocycles. The topological polar surface area (TPSA) is 21.3 Å². The van der Waals surface area contributed by atoms with Gasteiger partial charge in [0.1, 0.15) is 0 Å². The van der Waals surface area contributed by atoms with Crippen LogP contribution in [-0.2, 0) is 4.74 Å². The molecule has 0 aliphatic carbocycles. The van der Waals surface area contributed by atoms with Crippen LogP contribution in [0.1, 0.15) is 53.4 Å². The van der Waals surface area contributed by atoms with E-state index in [1.807, 2.05) is 0 Å². The minimum atomic E-state index is -0.0573. The van der Waals surface area contributed by atoms with Crippen LogP contribution in [0.25, 0.3) is 0 Å². The van der Waals surface area contributed by atoms with Gasteiger partial charge < -0.3 is 10.1 Å². The molecule has 0 bridgehead atoms. The van der Waals surface area contributed by atoms with E-state index < -0.39 is 0 Å². The molecule has 0 amide bonds. The summed E-state index contributed by atoms with van der Waals surface area (Å²) < 4.78 is 5.81. The summed E-state index contributed by atoms with van der Waals surface area (Å²) in [6, 6.07) is 0.438. The number of hydrogen-bond donors (Lipinski definition) is 1. The molecule has 2 nitrogen and oxygen atoms in total. The fraction of sp³-hybridized carbons (Fsp3) is 0.857. The van der Waals surface area contributed by atoms with Gasteiger partial charge in [0.05, 0.1) is 12.2 Å². The van der Waals surface area contributed by atoms with E-state index >= 15 is 0 Å².